The van der Waals surface area contributed by atoms with E-state index in [0.29, 0.717) is 12.6 Å². The molecule has 0 aliphatic carbocycles. The number of carbonyl (C=O) groups is 1. The lowest BCUT2D eigenvalue weighted by Gasteiger charge is -2.23. The van der Waals surface area contributed by atoms with Crippen molar-refractivity contribution in [2.45, 2.75) is 26.8 Å². The Morgan fingerprint density at radius 2 is 1.88 bits per heavy atom. The number of nitrogens with zero attached hydrogens (tertiary/aromatic N) is 1. The molecule has 0 aromatic heterocycles. The fourth-order valence-corrected chi connectivity index (χ4v) is 1.93. The van der Waals surface area contributed by atoms with Gasteiger partial charge in [-0.05, 0) is 55.1 Å². The Hall–Kier alpha value is -0.420. The molecule has 2 nitrogen and oxygen atoms in total. The number of ketones is 1. The summed E-state index contributed by atoms with van der Waals surface area (Å²) < 4.78 is 1.16. The highest BCUT2D eigenvalue weighted by atomic mass is 127. The molecule has 0 atom stereocenters. The molecule has 0 saturated heterocycles. The van der Waals surface area contributed by atoms with E-state index < -0.39 is 0 Å². The molecule has 0 saturated carbocycles. The Morgan fingerprint density at radius 3 is 2.31 bits per heavy atom. The Balaban J connectivity index is 2.68. The topological polar surface area (TPSA) is 20.3 Å². The lowest BCUT2D eigenvalue weighted by atomic mass is 10.1. The van der Waals surface area contributed by atoms with Crippen LogP contribution in [0.25, 0.3) is 0 Å². The molecule has 0 N–H and O–H groups in total. The molecule has 0 spiro atoms. The van der Waals surface area contributed by atoms with Crippen molar-refractivity contribution in [1.29, 1.82) is 0 Å². The van der Waals surface area contributed by atoms with Crippen molar-refractivity contribution in [3.8, 4) is 0 Å². The number of Topliss-reactive ketones (excluding diaryl/α,β-unsaturated/α-hetero) is 1. The van der Waals surface area contributed by atoms with E-state index >= 15 is 0 Å². The lowest BCUT2D eigenvalue weighted by molar-refractivity contribution is 0.0911. The van der Waals surface area contributed by atoms with E-state index in [1.165, 1.54) is 0 Å². The van der Waals surface area contributed by atoms with Crippen LogP contribution in [0.1, 0.15) is 31.1 Å². The van der Waals surface area contributed by atoms with Crippen molar-refractivity contribution in [3.05, 3.63) is 33.4 Å². The molecule has 1 aromatic rings. The van der Waals surface area contributed by atoms with Crippen molar-refractivity contribution in [1.82, 2.24) is 4.90 Å². The molecule has 88 valence electrons. The average Bonchev–Trinajstić information content (AvgIpc) is 2.26. The van der Waals surface area contributed by atoms with Crippen LogP contribution in [-0.4, -0.2) is 29.8 Å². The maximum Gasteiger partial charge on any atom is 0.176 e. The monoisotopic (exact) mass is 331 g/mol. The quantitative estimate of drug-likeness (QED) is 0.610. The van der Waals surface area contributed by atoms with Crippen LogP contribution in [0.3, 0.4) is 0 Å². The Kier molecular flexibility index (Phi) is 5.41. The summed E-state index contributed by atoms with van der Waals surface area (Å²) in [4.78, 5) is 14.2. The van der Waals surface area contributed by atoms with Gasteiger partial charge < -0.3 is 0 Å². The predicted octanol–water partition coefficient (Wildman–Crippen LogP) is 3.20. The van der Waals surface area contributed by atoms with Gasteiger partial charge in [-0.25, -0.2) is 0 Å². The number of halogens is 1. The normalized spacial score (nSPS) is 11.1. The van der Waals surface area contributed by atoms with Crippen LogP contribution in [0.2, 0.25) is 0 Å². The molecule has 0 radical (unpaired) electrons. The fourth-order valence-electron chi connectivity index (χ4n) is 1.57. The second kappa shape index (κ2) is 6.35. The van der Waals surface area contributed by atoms with Crippen LogP contribution in [0.15, 0.2) is 24.3 Å². The van der Waals surface area contributed by atoms with E-state index in [4.69, 9.17) is 0 Å². The van der Waals surface area contributed by atoms with Crippen LogP contribution >= 0.6 is 22.6 Å². The summed E-state index contributed by atoms with van der Waals surface area (Å²) in [5, 5.41) is 0. The van der Waals surface area contributed by atoms with E-state index in [0.717, 1.165) is 15.7 Å². The molecule has 0 heterocycles. The largest absolute Gasteiger partial charge is 0.294 e. The van der Waals surface area contributed by atoms with Gasteiger partial charge in [0.05, 0.1) is 6.54 Å². The molecular weight excluding hydrogens is 313 g/mol. The van der Waals surface area contributed by atoms with Crippen molar-refractivity contribution in [3.63, 3.8) is 0 Å². The standard InChI is InChI=1S/C13H18INO/c1-4-15(10(2)3)9-13(16)11-5-7-12(14)8-6-11/h5-8,10H,4,9H2,1-3H3. The second-order valence-corrected chi connectivity index (χ2v) is 5.33. The molecule has 1 aromatic carbocycles. The lowest BCUT2D eigenvalue weighted by Crippen LogP contribution is -2.35. The Morgan fingerprint density at radius 1 is 1.31 bits per heavy atom. The minimum atomic E-state index is 0.201. The first kappa shape index (κ1) is 13.6. The highest BCUT2D eigenvalue weighted by molar-refractivity contribution is 14.1. The van der Waals surface area contributed by atoms with Gasteiger partial charge in [0, 0.05) is 15.2 Å². The molecule has 0 unspecified atom stereocenters. The van der Waals surface area contributed by atoms with Gasteiger partial charge in [-0.15, -0.1) is 0 Å². The van der Waals surface area contributed by atoms with Crippen LogP contribution in [0, 0.1) is 3.57 Å². The number of carbonyl (C=O) groups excluding carboxylic acids is 1. The maximum atomic E-state index is 12.0. The predicted molar refractivity (Wildman–Crippen MR) is 75.9 cm³/mol. The molecule has 0 bridgehead atoms. The Labute approximate surface area is 111 Å². The van der Waals surface area contributed by atoms with Crippen LogP contribution in [-0.2, 0) is 0 Å². The molecule has 0 amide bonds. The molecule has 1 rings (SSSR count). The molecule has 0 aliphatic heterocycles. The zero-order chi connectivity index (χ0) is 12.1. The third-order valence-electron chi connectivity index (χ3n) is 2.65. The number of likely N-dealkylation sites (N-methyl/N-ethyl adjacent to an activating group) is 1. The van der Waals surface area contributed by atoms with Crippen LogP contribution in [0.4, 0.5) is 0 Å². The molecule has 3 heteroatoms. The third-order valence-corrected chi connectivity index (χ3v) is 3.37. The van der Waals surface area contributed by atoms with E-state index in [1.807, 2.05) is 24.3 Å². The number of rotatable bonds is 5. The molecule has 0 aliphatic rings. The highest BCUT2D eigenvalue weighted by Crippen LogP contribution is 2.09. The molecule has 0 fully saturated rings. The van der Waals surface area contributed by atoms with Gasteiger partial charge in [0.1, 0.15) is 0 Å². The summed E-state index contributed by atoms with van der Waals surface area (Å²) >= 11 is 2.24. The van der Waals surface area contributed by atoms with Gasteiger partial charge in [0.2, 0.25) is 0 Å². The first-order valence-corrected chi connectivity index (χ1v) is 6.65. The van der Waals surface area contributed by atoms with Crippen molar-refractivity contribution < 1.29 is 4.79 Å². The van der Waals surface area contributed by atoms with Crippen molar-refractivity contribution >= 4 is 28.4 Å². The summed E-state index contributed by atoms with van der Waals surface area (Å²) in [6, 6.07) is 8.16. The summed E-state index contributed by atoms with van der Waals surface area (Å²) in [5.41, 5.74) is 0.805. The van der Waals surface area contributed by atoms with Gasteiger partial charge in [-0.2, -0.15) is 0 Å². The summed E-state index contributed by atoms with van der Waals surface area (Å²) in [7, 11) is 0. The number of benzene rings is 1. The van der Waals surface area contributed by atoms with Gasteiger partial charge >= 0.3 is 0 Å². The minimum Gasteiger partial charge on any atom is -0.294 e. The van der Waals surface area contributed by atoms with Crippen molar-refractivity contribution in [2.75, 3.05) is 13.1 Å². The molecule has 16 heavy (non-hydrogen) atoms. The van der Waals surface area contributed by atoms with Crippen LogP contribution < -0.4 is 0 Å². The van der Waals surface area contributed by atoms with Gasteiger partial charge in [-0.3, -0.25) is 9.69 Å². The summed E-state index contributed by atoms with van der Waals surface area (Å²) in [6.07, 6.45) is 0. The number of hydrogen-bond donors (Lipinski definition) is 0. The first-order valence-electron chi connectivity index (χ1n) is 5.57. The average molecular weight is 331 g/mol. The van der Waals surface area contributed by atoms with Crippen molar-refractivity contribution in [2.24, 2.45) is 0 Å². The fraction of sp³-hybridized carbons (Fsp3) is 0.462. The van der Waals surface area contributed by atoms with E-state index in [1.54, 1.807) is 0 Å². The van der Waals surface area contributed by atoms with Gasteiger partial charge in [0.15, 0.2) is 5.78 Å². The first-order chi connectivity index (χ1) is 7.54. The third kappa shape index (κ3) is 3.87. The summed E-state index contributed by atoms with van der Waals surface area (Å²) in [5.74, 6) is 0.201. The van der Waals surface area contributed by atoms with E-state index in [9.17, 15) is 4.79 Å². The highest BCUT2D eigenvalue weighted by Gasteiger charge is 2.13. The second-order valence-electron chi connectivity index (χ2n) is 4.09. The van der Waals surface area contributed by atoms with Crippen LogP contribution in [0.5, 0.6) is 0 Å². The summed E-state index contributed by atoms with van der Waals surface area (Å²) in [6.45, 7) is 7.74. The smallest absolute Gasteiger partial charge is 0.176 e. The number of hydrogen-bond acceptors (Lipinski definition) is 2. The zero-order valence-corrected chi connectivity index (χ0v) is 12.2. The van der Waals surface area contributed by atoms with E-state index in [2.05, 4.69) is 48.3 Å². The van der Waals surface area contributed by atoms with Gasteiger partial charge in [0.25, 0.3) is 0 Å². The Bertz CT molecular complexity index is 345. The minimum absolute atomic E-state index is 0.201. The van der Waals surface area contributed by atoms with E-state index in [-0.39, 0.29) is 5.78 Å². The maximum absolute atomic E-state index is 12.0. The SMILES string of the molecule is CCN(CC(=O)c1ccc(I)cc1)C(C)C. The van der Waals surface area contributed by atoms with Gasteiger partial charge in [-0.1, -0.05) is 19.1 Å². The zero-order valence-electron chi connectivity index (χ0n) is 10.0. The molecular formula is C13H18INO.